The van der Waals surface area contributed by atoms with Gasteiger partial charge in [-0.05, 0) is 33.4 Å². The van der Waals surface area contributed by atoms with Gasteiger partial charge in [-0.25, -0.2) is 13.1 Å². The summed E-state index contributed by atoms with van der Waals surface area (Å²) in [7, 11) is -1.91. The lowest BCUT2D eigenvalue weighted by Gasteiger charge is -2.05. The molecule has 0 spiro atoms. The second-order valence-electron chi connectivity index (χ2n) is 3.31. The van der Waals surface area contributed by atoms with Crippen molar-refractivity contribution in [1.82, 2.24) is 14.5 Å². The summed E-state index contributed by atoms with van der Waals surface area (Å²) in [5.41, 5.74) is 0. The van der Waals surface area contributed by atoms with Crippen molar-refractivity contribution in [3.63, 3.8) is 0 Å². The van der Waals surface area contributed by atoms with Gasteiger partial charge in [0.15, 0.2) is 5.03 Å². The standard InChI is InChI=1S/C9H10BrN3O2S2/c1-13-9(2-4-11-13)17(14,15)12-6-8-7(10)3-5-16-8/h2-5,12H,6H2,1H3. The van der Waals surface area contributed by atoms with Gasteiger partial charge in [0.25, 0.3) is 10.0 Å². The van der Waals surface area contributed by atoms with E-state index in [1.54, 1.807) is 7.05 Å². The summed E-state index contributed by atoms with van der Waals surface area (Å²) >= 11 is 4.85. The fourth-order valence-corrected chi connectivity index (χ4v) is 3.95. The van der Waals surface area contributed by atoms with Crippen LogP contribution in [-0.4, -0.2) is 18.2 Å². The number of halogens is 1. The number of rotatable bonds is 4. The van der Waals surface area contributed by atoms with Crippen LogP contribution in [-0.2, 0) is 23.6 Å². The zero-order valence-corrected chi connectivity index (χ0v) is 12.1. The zero-order valence-electron chi connectivity index (χ0n) is 8.92. The number of hydrogen-bond donors (Lipinski definition) is 1. The molecule has 0 saturated heterocycles. The Balaban J connectivity index is 2.15. The smallest absolute Gasteiger partial charge is 0.256 e. The lowest BCUT2D eigenvalue weighted by atomic mass is 10.5. The van der Waals surface area contributed by atoms with Gasteiger partial charge < -0.3 is 0 Å². The first-order valence-electron chi connectivity index (χ1n) is 4.70. The number of thiophene rings is 1. The summed E-state index contributed by atoms with van der Waals surface area (Å²) in [6, 6.07) is 3.35. The molecule has 0 fully saturated rings. The van der Waals surface area contributed by atoms with Crippen LogP contribution in [0.4, 0.5) is 0 Å². The highest BCUT2D eigenvalue weighted by Crippen LogP contribution is 2.22. The number of nitrogens with zero attached hydrogens (tertiary/aromatic N) is 2. The van der Waals surface area contributed by atoms with Crippen molar-refractivity contribution in [3.05, 3.63) is 33.1 Å². The second-order valence-corrected chi connectivity index (χ2v) is 6.88. The van der Waals surface area contributed by atoms with E-state index in [2.05, 4.69) is 25.8 Å². The van der Waals surface area contributed by atoms with Crippen LogP contribution in [0.25, 0.3) is 0 Å². The molecule has 0 aromatic carbocycles. The molecule has 5 nitrogen and oxygen atoms in total. The molecule has 0 atom stereocenters. The van der Waals surface area contributed by atoms with E-state index < -0.39 is 10.0 Å². The molecule has 0 saturated carbocycles. The molecule has 2 heterocycles. The molecule has 0 radical (unpaired) electrons. The van der Waals surface area contributed by atoms with Crippen LogP contribution < -0.4 is 4.72 Å². The van der Waals surface area contributed by atoms with Crippen LogP contribution in [0.15, 0.2) is 33.2 Å². The zero-order chi connectivity index (χ0) is 12.5. The van der Waals surface area contributed by atoms with E-state index in [1.807, 2.05) is 11.4 Å². The first-order chi connectivity index (χ1) is 8.00. The van der Waals surface area contributed by atoms with Gasteiger partial charge in [0, 0.05) is 22.9 Å². The number of sulfonamides is 1. The van der Waals surface area contributed by atoms with Crippen LogP contribution in [0.3, 0.4) is 0 Å². The van der Waals surface area contributed by atoms with Gasteiger partial charge in [-0.3, -0.25) is 4.68 Å². The van der Waals surface area contributed by atoms with Gasteiger partial charge in [0.1, 0.15) is 0 Å². The summed E-state index contributed by atoms with van der Waals surface area (Å²) in [5, 5.41) is 5.89. The monoisotopic (exact) mass is 335 g/mol. The summed E-state index contributed by atoms with van der Waals surface area (Å²) in [6.07, 6.45) is 1.45. The van der Waals surface area contributed by atoms with Crippen LogP contribution in [0.1, 0.15) is 4.88 Å². The third kappa shape index (κ3) is 2.76. The minimum atomic E-state index is -3.50. The third-order valence-electron chi connectivity index (χ3n) is 2.17. The van der Waals surface area contributed by atoms with E-state index in [0.29, 0.717) is 0 Å². The minimum absolute atomic E-state index is 0.158. The first-order valence-corrected chi connectivity index (χ1v) is 7.86. The first kappa shape index (κ1) is 12.7. The summed E-state index contributed by atoms with van der Waals surface area (Å²) in [6.45, 7) is 0.270. The highest BCUT2D eigenvalue weighted by atomic mass is 79.9. The van der Waals surface area contributed by atoms with E-state index >= 15 is 0 Å². The van der Waals surface area contributed by atoms with E-state index in [0.717, 1.165) is 9.35 Å². The lowest BCUT2D eigenvalue weighted by Crippen LogP contribution is -2.25. The Morgan fingerprint density at radius 1 is 1.53 bits per heavy atom. The van der Waals surface area contributed by atoms with Crippen LogP contribution in [0.2, 0.25) is 0 Å². The number of nitrogens with one attached hydrogen (secondary N) is 1. The van der Waals surface area contributed by atoms with Crippen molar-refractivity contribution < 1.29 is 8.42 Å². The lowest BCUT2D eigenvalue weighted by molar-refractivity contribution is 0.563. The maximum Gasteiger partial charge on any atom is 0.258 e. The molecule has 2 aromatic rings. The fraction of sp³-hybridized carbons (Fsp3) is 0.222. The Morgan fingerprint density at radius 2 is 2.29 bits per heavy atom. The minimum Gasteiger partial charge on any atom is -0.256 e. The van der Waals surface area contributed by atoms with Gasteiger partial charge in [-0.2, -0.15) is 5.10 Å². The number of aryl methyl sites for hydroxylation is 1. The molecule has 2 rings (SSSR count). The van der Waals surface area contributed by atoms with E-state index in [9.17, 15) is 8.42 Å². The van der Waals surface area contributed by atoms with Crippen LogP contribution >= 0.6 is 27.3 Å². The van der Waals surface area contributed by atoms with E-state index in [4.69, 9.17) is 0 Å². The Bertz CT molecular complexity index is 618. The fourth-order valence-electron chi connectivity index (χ4n) is 1.31. The Hall–Kier alpha value is -0.700. The average molecular weight is 336 g/mol. The predicted octanol–water partition coefficient (Wildman–Crippen LogP) is 1.72. The topological polar surface area (TPSA) is 64.0 Å². The molecule has 0 bridgehead atoms. The molecule has 0 aliphatic carbocycles. The maximum absolute atomic E-state index is 11.9. The van der Waals surface area contributed by atoms with Crippen molar-refractivity contribution in [1.29, 1.82) is 0 Å². The van der Waals surface area contributed by atoms with Gasteiger partial charge in [0.2, 0.25) is 0 Å². The van der Waals surface area contributed by atoms with Gasteiger partial charge in [-0.15, -0.1) is 11.3 Å². The molecular formula is C9H10BrN3O2S2. The van der Waals surface area contributed by atoms with Crippen molar-refractivity contribution in [2.24, 2.45) is 7.05 Å². The predicted molar refractivity (Wildman–Crippen MR) is 69.3 cm³/mol. The van der Waals surface area contributed by atoms with Gasteiger partial charge in [0.05, 0.1) is 6.20 Å². The van der Waals surface area contributed by atoms with Gasteiger partial charge in [-0.1, -0.05) is 0 Å². The number of aromatic nitrogens is 2. The quantitative estimate of drug-likeness (QED) is 0.925. The summed E-state index contributed by atoms with van der Waals surface area (Å²) in [5.74, 6) is 0. The molecule has 2 aromatic heterocycles. The third-order valence-corrected chi connectivity index (χ3v) is 5.57. The summed E-state index contributed by atoms with van der Waals surface area (Å²) < 4.78 is 28.7. The largest absolute Gasteiger partial charge is 0.258 e. The SMILES string of the molecule is Cn1nccc1S(=O)(=O)NCc1sccc1Br. The molecule has 92 valence electrons. The molecule has 1 N–H and O–H groups in total. The molecule has 8 heteroatoms. The second kappa shape index (κ2) is 4.89. The molecule has 0 aliphatic heterocycles. The molecule has 0 aliphatic rings. The highest BCUT2D eigenvalue weighted by molar-refractivity contribution is 9.10. The average Bonchev–Trinajstić information content (AvgIpc) is 2.85. The van der Waals surface area contributed by atoms with Crippen molar-refractivity contribution in [2.45, 2.75) is 11.6 Å². The van der Waals surface area contributed by atoms with Crippen LogP contribution in [0.5, 0.6) is 0 Å². The van der Waals surface area contributed by atoms with E-state index in [1.165, 1.54) is 28.3 Å². The van der Waals surface area contributed by atoms with Crippen molar-refractivity contribution in [3.8, 4) is 0 Å². The number of hydrogen-bond acceptors (Lipinski definition) is 4. The van der Waals surface area contributed by atoms with Gasteiger partial charge >= 0.3 is 0 Å². The molecule has 0 unspecified atom stereocenters. The Morgan fingerprint density at radius 3 is 2.82 bits per heavy atom. The molecule has 0 amide bonds. The molecule has 17 heavy (non-hydrogen) atoms. The summed E-state index contributed by atoms with van der Waals surface area (Å²) in [4.78, 5) is 0.941. The van der Waals surface area contributed by atoms with E-state index in [-0.39, 0.29) is 11.6 Å². The molecular weight excluding hydrogens is 326 g/mol. The van der Waals surface area contributed by atoms with Crippen molar-refractivity contribution in [2.75, 3.05) is 0 Å². The van der Waals surface area contributed by atoms with Crippen LogP contribution in [0, 0.1) is 0 Å². The Labute approximate surface area is 112 Å². The van der Waals surface area contributed by atoms with Crippen molar-refractivity contribution >= 4 is 37.3 Å². The maximum atomic E-state index is 11.9. The normalized spacial score (nSPS) is 11.9. The highest BCUT2D eigenvalue weighted by Gasteiger charge is 2.18. The Kier molecular flexibility index (Phi) is 3.67.